The maximum absolute atomic E-state index is 12.0. The Morgan fingerprint density at radius 2 is 2.00 bits per heavy atom. The number of carbonyl (C=O) groups excluding carboxylic acids is 2. The van der Waals surface area contributed by atoms with E-state index in [1.807, 2.05) is 30.3 Å². The molecule has 0 radical (unpaired) electrons. The van der Waals surface area contributed by atoms with Crippen LogP contribution < -0.4 is 10.6 Å². The van der Waals surface area contributed by atoms with E-state index >= 15 is 0 Å². The van der Waals surface area contributed by atoms with E-state index in [1.165, 1.54) is 7.11 Å². The van der Waals surface area contributed by atoms with Crippen LogP contribution in [0.15, 0.2) is 48.5 Å². The summed E-state index contributed by atoms with van der Waals surface area (Å²) in [6, 6.07) is 14.3. The lowest BCUT2D eigenvalue weighted by atomic mass is 10.0. The standard InChI is InChI=1S/C19H20N4O3/c1-20-17(24)11-16(12-6-5-7-13(10-12)18(25)26-2)23-19-21-14-8-3-4-9-15(14)22-19/h3-10,16H,11H2,1-2H3,(H,20,24)(H2,21,22,23). The first-order chi connectivity index (χ1) is 12.6. The lowest BCUT2D eigenvalue weighted by molar-refractivity contribution is -0.120. The van der Waals surface area contributed by atoms with E-state index in [4.69, 9.17) is 4.74 Å². The smallest absolute Gasteiger partial charge is 0.337 e. The first-order valence-electron chi connectivity index (χ1n) is 8.21. The van der Waals surface area contributed by atoms with Crippen molar-refractivity contribution >= 4 is 28.9 Å². The fourth-order valence-corrected chi connectivity index (χ4v) is 2.73. The van der Waals surface area contributed by atoms with E-state index in [-0.39, 0.29) is 18.4 Å². The number of benzene rings is 2. The van der Waals surface area contributed by atoms with Crippen LogP contribution in [-0.4, -0.2) is 36.0 Å². The number of para-hydroxylation sites is 2. The summed E-state index contributed by atoms with van der Waals surface area (Å²) in [5.41, 5.74) is 2.95. The zero-order valence-electron chi connectivity index (χ0n) is 14.6. The number of fused-ring (bicyclic) bond motifs is 1. The monoisotopic (exact) mass is 352 g/mol. The predicted molar refractivity (Wildman–Crippen MR) is 98.9 cm³/mol. The molecule has 3 N–H and O–H groups in total. The van der Waals surface area contributed by atoms with E-state index in [9.17, 15) is 9.59 Å². The van der Waals surface area contributed by atoms with Crippen molar-refractivity contribution in [1.29, 1.82) is 0 Å². The Morgan fingerprint density at radius 3 is 2.73 bits per heavy atom. The number of ether oxygens (including phenoxy) is 1. The van der Waals surface area contributed by atoms with Crippen LogP contribution in [0, 0.1) is 0 Å². The Kier molecular flexibility index (Phi) is 5.17. The van der Waals surface area contributed by atoms with Gasteiger partial charge >= 0.3 is 5.97 Å². The van der Waals surface area contributed by atoms with E-state index in [2.05, 4.69) is 20.6 Å². The van der Waals surface area contributed by atoms with Gasteiger partial charge in [0.2, 0.25) is 11.9 Å². The van der Waals surface area contributed by atoms with Crippen LogP contribution in [0.5, 0.6) is 0 Å². The molecule has 2 aromatic carbocycles. The second-order valence-electron chi connectivity index (χ2n) is 5.79. The summed E-state index contributed by atoms with van der Waals surface area (Å²) >= 11 is 0. The summed E-state index contributed by atoms with van der Waals surface area (Å²) < 4.78 is 4.77. The van der Waals surface area contributed by atoms with Gasteiger partial charge in [0.15, 0.2) is 0 Å². The molecule has 1 amide bonds. The molecule has 0 fully saturated rings. The number of amides is 1. The Hall–Kier alpha value is -3.35. The highest BCUT2D eigenvalue weighted by molar-refractivity contribution is 5.89. The first kappa shape index (κ1) is 17.5. The van der Waals surface area contributed by atoms with Crippen LogP contribution in [0.25, 0.3) is 11.0 Å². The minimum Gasteiger partial charge on any atom is -0.465 e. The molecule has 3 rings (SSSR count). The molecule has 0 saturated carbocycles. The molecule has 3 aromatic rings. The van der Waals surface area contributed by atoms with Gasteiger partial charge in [0, 0.05) is 7.05 Å². The van der Waals surface area contributed by atoms with Crippen molar-refractivity contribution in [3.63, 3.8) is 0 Å². The van der Waals surface area contributed by atoms with Crippen molar-refractivity contribution in [3.8, 4) is 0 Å². The highest BCUT2D eigenvalue weighted by Gasteiger charge is 2.18. The number of imidazole rings is 1. The van der Waals surface area contributed by atoms with Gasteiger partial charge in [-0.3, -0.25) is 4.79 Å². The van der Waals surface area contributed by atoms with Crippen LogP contribution >= 0.6 is 0 Å². The number of carbonyl (C=O) groups is 2. The van der Waals surface area contributed by atoms with Gasteiger partial charge in [-0.2, -0.15) is 0 Å². The topological polar surface area (TPSA) is 96.1 Å². The Balaban J connectivity index is 1.92. The van der Waals surface area contributed by atoms with Gasteiger partial charge in [-0.05, 0) is 29.8 Å². The van der Waals surface area contributed by atoms with E-state index in [0.717, 1.165) is 16.6 Å². The summed E-state index contributed by atoms with van der Waals surface area (Å²) in [6.45, 7) is 0. The molecular formula is C19H20N4O3. The number of hydrogen-bond donors (Lipinski definition) is 3. The third-order valence-corrected chi connectivity index (χ3v) is 4.08. The largest absolute Gasteiger partial charge is 0.465 e. The third-order valence-electron chi connectivity index (χ3n) is 4.08. The Bertz CT molecular complexity index is 902. The zero-order chi connectivity index (χ0) is 18.5. The second kappa shape index (κ2) is 7.69. The number of aromatic amines is 1. The number of methoxy groups -OCH3 is 1. The molecule has 1 unspecified atom stereocenters. The molecule has 0 bridgehead atoms. The SMILES string of the molecule is CNC(=O)CC(Nc1nc2ccccc2[nH]1)c1cccc(C(=O)OC)c1. The van der Waals surface area contributed by atoms with E-state index < -0.39 is 5.97 Å². The van der Waals surface area contributed by atoms with Crippen LogP contribution in [0.2, 0.25) is 0 Å². The molecule has 0 spiro atoms. The van der Waals surface area contributed by atoms with Crippen molar-refractivity contribution in [2.45, 2.75) is 12.5 Å². The van der Waals surface area contributed by atoms with Gasteiger partial charge in [0.25, 0.3) is 0 Å². The highest BCUT2D eigenvalue weighted by atomic mass is 16.5. The molecule has 1 aromatic heterocycles. The van der Waals surface area contributed by atoms with Crippen LogP contribution in [0.1, 0.15) is 28.4 Å². The summed E-state index contributed by atoms with van der Waals surface area (Å²) in [6.07, 6.45) is 0.193. The zero-order valence-corrected chi connectivity index (χ0v) is 14.6. The van der Waals surface area contributed by atoms with Crippen molar-refractivity contribution < 1.29 is 14.3 Å². The molecule has 0 aliphatic rings. The number of esters is 1. The van der Waals surface area contributed by atoms with Crippen LogP contribution in [-0.2, 0) is 9.53 Å². The minimum atomic E-state index is -0.422. The molecule has 0 aliphatic carbocycles. The highest BCUT2D eigenvalue weighted by Crippen LogP contribution is 2.24. The molecule has 1 heterocycles. The average Bonchev–Trinajstić information content (AvgIpc) is 3.09. The molecule has 7 heteroatoms. The van der Waals surface area contributed by atoms with Crippen molar-refractivity contribution in [2.75, 3.05) is 19.5 Å². The Morgan fingerprint density at radius 1 is 1.19 bits per heavy atom. The van der Waals surface area contributed by atoms with Crippen LogP contribution in [0.3, 0.4) is 0 Å². The molecule has 1 atom stereocenters. The van der Waals surface area contributed by atoms with Gasteiger partial charge < -0.3 is 20.4 Å². The Labute approximate surface area is 150 Å². The second-order valence-corrected chi connectivity index (χ2v) is 5.79. The van der Waals surface area contributed by atoms with Gasteiger partial charge in [0.1, 0.15) is 0 Å². The number of H-pyrrole nitrogens is 1. The van der Waals surface area contributed by atoms with Crippen molar-refractivity contribution in [1.82, 2.24) is 15.3 Å². The summed E-state index contributed by atoms with van der Waals surface area (Å²) in [7, 11) is 2.93. The van der Waals surface area contributed by atoms with Gasteiger partial charge in [-0.15, -0.1) is 0 Å². The molecular weight excluding hydrogens is 332 g/mol. The maximum atomic E-state index is 12.0. The number of nitrogens with zero attached hydrogens (tertiary/aromatic N) is 1. The number of nitrogens with one attached hydrogen (secondary N) is 3. The molecule has 7 nitrogen and oxygen atoms in total. The third kappa shape index (κ3) is 3.83. The van der Waals surface area contributed by atoms with Crippen LogP contribution in [0.4, 0.5) is 5.95 Å². The van der Waals surface area contributed by atoms with Crippen molar-refractivity contribution in [2.24, 2.45) is 0 Å². The van der Waals surface area contributed by atoms with Gasteiger partial charge in [-0.25, -0.2) is 9.78 Å². The number of aromatic nitrogens is 2. The van der Waals surface area contributed by atoms with Gasteiger partial charge in [-0.1, -0.05) is 24.3 Å². The number of anilines is 1. The van der Waals surface area contributed by atoms with Crippen molar-refractivity contribution in [3.05, 3.63) is 59.7 Å². The molecule has 0 saturated heterocycles. The lowest BCUT2D eigenvalue weighted by Crippen LogP contribution is -2.24. The van der Waals surface area contributed by atoms with E-state index in [1.54, 1.807) is 25.2 Å². The average molecular weight is 352 g/mol. The molecule has 134 valence electrons. The first-order valence-corrected chi connectivity index (χ1v) is 8.21. The quantitative estimate of drug-likeness (QED) is 0.593. The number of hydrogen-bond acceptors (Lipinski definition) is 5. The summed E-state index contributed by atoms with van der Waals surface area (Å²) in [5, 5.41) is 5.88. The maximum Gasteiger partial charge on any atom is 0.337 e. The van der Waals surface area contributed by atoms with Gasteiger partial charge in [0.05, 0.1) is 36.2 Å². The fraction of sp³-hybridized carbons (Fsp3) is 0.211. The summed E-state index contributed by atoms with van der Waals surface area (Å²) in [5.74, 6) is 0.0138. The predicted octanol–water partition coefficient (Wildman–Crippen LogP) is 2.64. The number of rotatable bonds is 6. The lowest BCUT2D eigenvalue weighted by Gasteiger charge is -2.18. The normalized spacial score (nSPS) is 11.8. The minimum absolute atomic E-state index is 0.123. The summed E-state index contributed by atoms with van der Waals surface area (Å²) in [4.78, 5) is 31.4. The van der Waals surface area contributed by atoms with E-state index in [0.29, 0.717) is 11.5 Å². The molecule has 26 heavy (non-hydrogen) atoms. The molecule has 0 aliphatic heterocycles. The fourth-order valence-electron chi connectivity index (χ4n) is 2.73.